The van der Waals surface area contributed by atoms with Gasteiger partial charge in [-0.3, -0.25) is 0 Å². The molecule has 2 nitrogen and oxygen atoms in total. The first-order valence-electron chi connectivity index (χ1n) is 8.37. The van der Waals surface area contributed by atoms with Gasteiger partial charge in [0.15, 0.2) is 0 Å². The topological polar surface area (TPSA) is 46.2 Å². The summed E-state index contributed by atoms with van der Waals surface area (Å²) in [5.74, 6) is 2.21. The third kappa shape index (κ3) is 7.99. The summed E-state index contributed by atoms with van der Waals surface area (Å²) < 4.78 is 0. The van der Waals surface area contributed by atoms with E-state index < -0.39 is 0 Å². The van der Waals surface area contributed by atoms with Crippen LogP contribution in [0.3, 0.4) is 0 Å². The van der Waals surface area contributed by atoms with Crippen LogP contribution >= 0.6 is 0 Å². The summed E-state index contributed by atoms with van der Waals surface area (Å²) >= 11 is 0. The molecule has 2 rings (SSSR count). The molecule has 3 N–H and O–H groups in total. The van der Waals surface area contributed by atoms with E-state index in [4.69, 9.17) is 10.8 Å². The Hall–Kier alpha value is -1.18. The number of rotatable bonds is 0. The van der Waals surface area contributed by atoms with Crippen LogP contribution in [0.5, 0.6) is 5.75 Å². The van der Waals surface area contributed by atoms with Crippen LogP contribution in [-0.4, -0.2) is 5.11 Å². The predicted octanol–water partition coefficient (Wildman–Crippen LogP) is 5.84. The van der Waals surface area contributed by atoms with E-state index in [-0.39, 0.29) is 5.75 Å². The van der Waals surface area contributed by atoms with Gasteiger partial charge in [-0.1, -0.05) is 65.9 Å². The molecule has 1 aromatic carbocycles. The second-order valence-electron chi connectivity index (χ2n) is 6.51. The molecule has 1 aliphatic carbocycles. The number of phenolic OH excluding ortho intramolecular Hbond substituents is 1. The van der Waals surface area contributed by atoms with Crippen molar-refractivity contribution in [2.45, 2.75) is 73.6 Å². The van der Waals surface area contributed by atoms with Gasteiger partial charge in [-0.05, 0) is 42.9 Å². The molecule has 21 heavy (non-hydrogen) atoms. The molecular weight excluding hydrogens is 258 g/mol. The quantitative estimate of drug-likeness (QED) is 0.466. The molecule has 0 unspecified atom stereocenters. The third-order valence-electron chi connectivity index (χ3n) is 4.07. The minimum absolute atomic E-state index is 0.170. The number of aryl methyl sites for hydroxylation is 1. The fourth-order valence-electron chi connectivity index (χ4n) is 2.25. The van der Waals surface area contributed by atoms with Gasteiger partial charge in [-0.2, -0.15) is 0 Å². The molecule has 0 aliphatic heterocycles. The number of nitrogen functional groups attached to an aromatic ring is 1. The van der Waals surface area contributed by atoms with Crippen molar-refractivity contribution in [1.29, 1.82) is 0 Å². The molecule has 0 spiro atoms. The second kappa shape index (κ2) is 10.5. The SMILES string of the molecule is CC1CCC(C)CC1.CCC.Cc1ccc(O)c(N)c1C. The highest BCUT2D eigenvalue weighted by Crippen LogP contribution is 2.27. The molecule has 1 aromatic rings. The number of aromatic hydroxyl groups is 1. The van der Waals surface area contributed by atoms with Crippen molar-refractivity contribution in [2.75, 3.05) is 5.73 Å². The lowest BCUT2D eigenvalue weighted by Gasteiger charge is -2.22. The van der Waals surface area contributed by atoms with Gasteiger partial charge in [0.05, 0.1) is 5.69 Å². The predicted molar refractivity (Wildman–Crippen MR) is 94.8 cm³/mol. The fourth-order valence-corrected chi connectivity index (χ4v) is 2.25. The standard InChI is InChI=1S/C8H11NO.C8H16.C3H8/c1-5-3-4-7(10)8(9)6(5)2;1-7-3-5-8(2)6-4-7;1-3-2/h3-4,10H,9H2,1-2H3;7-8H,3-6H2,1-2H3;3H2,1-2H3. The van der Waals surface area contributed by atoms with E-state index in [2.05, 4.69) is 27.7 Å². The Balaban J connectivity index is 0.000000327. The van der Waals surface area contributed by atoms with Gasteiger partial charge < -0.3 is 10.8 Å². The molecule has 122 valence electrons. The largest absolute Gasteiger partial charge is 0.506 e. The first kappa shape index (κ1) is 19.8. The lowest BCUT2D eigenvalue weighted by molar-refractivity contribution is 0.308. The Morgan fingerprint density at radius 1 is 1.00 bits per heavy atom. The summed E-state index contributed by atoms with van der Waals surface area (Å²) in [6, 6.07) is 3.46. The first-order chi connectivity index (χ1) is 9.83. The Bertz CT molecular complexity index is 356. The van der Waals surface area contributed by atoms with Gasteiger partial charge >= 0.3 is 0 Å². The first-order valence-corrected chi connectivity index (χ1v) is 8.37. The van der Waals surface area contributed by atoms with Crippen LogP contribution in [-0.2, 0) is 0 Å². The Morgan fingerprint density at radius 3 is 1.71 bits per heavy atom. The minimum atomic E-state index is 0.170. The zero-order valence-corrected chi connectivity index (χ0v) is 14.9. The van der Waals surface area contributed by atoms with Gasteiger partial charge in [-0.15, -0.1) is 0 Å². The molecule has 1 saturated carbocycles. The molecule has 0 amide bonds. The summed E-state index contributed by atoms with van der Waals surface area (Å²) in [6.45, 7) is 12.8. The number of phenols is 1. The number of nitrogens with two attached hydrogens (primary N) is 1. The summed E-state index contributed by atoms with van der Waals surface area (Å²) in [4.78, 5) is 0. The van der Waals surface area contributed by atoms with E-state index in [1.54, 1.807) is 6.07 Å². The van der Waals surface area contributed by atoms with E-state index >= 15 is 0 Å². The van der Waals surface area contributed by atoms with E-state index in [9.17, 15) is 0 Å². The molecule has 0 atom stereocenters. The average Bonchev–Trinajstić information content (AvgIpc) is 2.46. The molecule has 0 saturated heterocycles. The van der Waals surface area contributed by atoms with Crippen molar-refractivity contribution in [2.24, 2.45) is 11.8 Å². The number of hydrogen-bond acceptors (Lipinski definition) is 2. The van der Waals surface area contributed by atoms with Crippen LogP contribution in [0.15, 0.2) is 12.1 Å². The maximum atomic E-state index is 9.10. The van der Waals surface area contributed by atoms with Gasteiger partial charge in [0.2, 0.25) is 0 Å². The van der Waals surface area contributed by atoms with Crippen LogP contribution in [0.25, 0.3) is 0 Å². The fraction of sp³-hybridized carbons (Fsp3) is 0.684. The summed E-state index contributed by atoms with van der Waals surface area (Å²) in [7, 11) is 0. The molecule has 1 aliphatic rings. The highest BCUT2D eigenvalue weighted by molar-refractivity contribution is 5.59. The Morgan fingerprint density at radius 2 is 1.38 bits per heavy atom. The van der Waals surface area contributed by atoms with E-state index in [0.29, 0.717) is 5.69 Å². The third-order valence-corrected chi connectivity index (χ3v) is 4.07. The van der Waals surface area contributed by atoms with Crippen LogP contribution in [0.2, 0.25) is 0 Å². The van der Waals surface area contributed by atoms with E-state index in [0.717, 1.165) is 23.0 Å². The van der Waals surface area contributed by atoms with Crippen LogP contribution < -0.4 is 5.73 Å². The van der Waals surface area contributed by atoms with Gasteiger partial charge in [0.1, 0.15) is 5.75 Å². The Kier molecular flexibility index (Phi) is 9.94. The molecule has 0 radical (unpaired) electrons. The van der Waals surface area contributed by atoms with Crippen LogP contribution in [0, 0.1) is 25.7 Å². The monoisotopic (exact) mass is 293 g/mol. The van der Waals surface area contributed by atoms with Crippen molar-refractivity contribution < 1.29 is 5.11 Å². The van der Waals surface area contributed by atoms with Gasteiger partial charge in [-0.25, -0.2) is 0 Å². The second-order valence-corrected chi connectivity index (χ2v) is 6.51. The van der Waals surface area contributed by atoms with Crippen molar-refractivity contribution in [1.82, 2.24) is 0 Å². The Labute approximate surface area is 131 Å². The lowest BCUT2D eigenvalue weighted by atomic mass is 9.84. The van der Waals surface area contributed by atoms with Crippen LogP contribution in [0.1, 0.15) is 70.9 Å². The zero-order valence-electron chi connectivity index (χ0n) is 14.9. The maximum Gasteiger partial charge on any atom is 0.138 e. The summed E-state index contributed by atoms with van der Waals surface area (Å²) in [5.41, 5.74) is 8.08. The smallest absolute Gasteiger partial charge is 0.138 e. The van der Waals surface area contributed by atoms with Crippen molar-refractivity contribution in [3.8, 4) is 5.75 Å². The van der Waals surface area contributed by atoms with Gasteiger partial charge in [0, 0.05) is 0 Å². The highest BCUT2D eigenvalue weighted by atomic mass is 16.3. The van der Waals surface area contributed by atoms with Crippen molar-refractivity contribution >= 4 is 5.69 Å². The van der Waals surface area contributed by atoms with Crippen molar-refractivity contribution in [3.63, 3.8) is 0 Å². The maximum absolute atomic E-state index is 9.10. The molecule has 2 heteroatoms. The molecular formula is C19H35NO. The number of anilines is 1. The van der Waals surface area contributed by atoms with E-state index in [1.165, 1.54) is 32.1 Å². The molecule has 0 aromatic heterocycles. The number of benzene rings is 1. The van der Waals surface area contributed by atoms with Crippen LogP contribution in [0.4, 0.5) is 5.69 Å². The summed E-state index contributed by atoms with van der Waals surface area (Å²) in [6.07, 6.45) is 7.14. The normalized spacial score (nSPS) is 20.7. The number of hydrogen-bond donors (Lipinski definition) is 2. The summed E-state index contributed by atoms with van der Waals surface area (Å²) in [5, 5.41) is 9.10. The van der Waals surface area contributed by atoms with Gasteiger partial charge in [0.25, 0.3) is 0 Å². The van der Waals surface area contributed by atoms with E-state index in [1.807, 2.05) is 19.9 Å². The average molecular weight is 293 g/mol. The zero-order chi connectivity index (χ0) is 16.4. The molecule has 1 fully saturated rings. The molecule has 0 heterocycles. The molecule has 0 bridgehead atoms. The lowest BCUT2D eigenvalue weighted by Crippen LogP contribution is -2.08. The van der Waals surface area contributed by atoms with Crippen molar-refractivity contribution in [3.05, 3.63) is 23.3 Å². The minimum Gasteiger partial charge on any atom is -0.506 e. The highest BCUT2D eigenvalue weighted by Gasteiger charge is 2.13.